The summed E-state index contributed by atoms with van der Waals surface area (Å²) >= 11 is 0. The maximum Gasteiger partial charge on any atom is 0.354 e. The standard InChI is InChI=1S/C10H14N2O3/c1-14-10(13)9-3-2-7(12-9)4-11-8-5-15-6-8/h2-3,8,11-12H,4-6H2,1H3. The summed E-state index contributed by atoms with van der Waals surface area (Å²) in [5.41, 5.74) is 1.46. The minimum absolute atomic E-state index is 0.340. The van der Waals surface area contributed by atoms with Crippen LogP contribution in [0.3, 0.4) is 0 Å². The van der Waals surface area contributed by atoms with Crippen molar-refractivity contribution in [2.24, 2.45) is 0 Å². The third-order valence-electron chi connectivity index (χ3n) is 2.37. The largest absolute Gasteiger partial charge is 0.464 e. The van der Waals surface area contributed by atoms with E-state index < -0.39 is 0 Å². The molecule has 0 spiro atoms. The predicted molar refractivity (Wildman–Crippen MR) is 53.6 cm³/mol. The van der Waals surface area contributed by atoms with E-state index in [0.29, 0.717) is 18.3 Å². The number of nitrogens with one attached hydrogen (secondary N) is 2. The first kappa shape index (κ1) is 10.2. The summed E-state index contributed by atoms with van der Waals surface area (Å²) in [4.78, 5) is 14.1. The van der Waals surface area contributed by atoms with Crippen LogP contribution in [-0.2, 0) is 16.0 Å². The number of carbonyl (C=O) groups is 1. The molecule has 2 N–H and O–H groups in total. The molecule has 1 aliphatic heterocycles. The minimum Gasteiger partial charge on any atom is -0.464 e. The van der Waals surface area contributed by atoms with Gasteiger partial charge >= 0.3 is 5.97 Å². The second-order valence-electron chi connectivity index (χ2n) is 3.50. The van der Waals surface area contributed by atoms with Crippen LogP contribution in [0.1, 0.15) is 16.2 Å². The Bertz CT molecular complexity index is 344. The van der Waals surface area contributed by atoms with Gasteiger partial charge in [-0.1, -0.05) is 0 Å². The third kappa shape index (κ3) is 2.37. The van der Waals surface area contributed by atoms with Crippen molar-refractivity contribution in [3.05, 3.63) is 23.5 Å². The first-order valence-corrected chi connectivity index (χ1v) is 4.87. The van der Waals surface area contributed by atoms with Crippen molar-refractivity contribution in [2.45, 2.75) is 12.6 Å². The summed E-state index contributed by atoms with van der Waals surface area (Å²) in [6.45, 7) is 2.25. The van der Waals surface area contributed by atoms with Gasteiger partial charge in [-0.05, 0) is 12.1 Å². The predicted octanol–water partition coefficient (Wildman–Crippen LogP) is 0.290. The molecular weight excluding hydrogens is 196 g/mol. The van der Waals surface area contributed by atoms with E-state index >= 15 is 0 Å². The van der Waals surface area contributed by atoms with E-state index in [9.17, 15) is 4.79 Å². The number of hydrogen-bond donors (Lipinski definition) is 2. The molecule has 0 bridgehead atoms. The van der Waals surface area contributed by atoms with E-state index in [1.165, 1.54) is 7.11 Å². The van der Waals surface area contributed by atoms with Gasteiger partial charge in [0, 0.05) is 12.2 Å². The van der Waals surface area contributed by atoms with E-state index in [-0.39, 0.29) is 5.97 Å². The van der Waals surface area contributed by atoms with Crippen molar-refractivity contribution < 1.29 is 14.3 Å². The van der Waals surface area contributed by atoms with Gasteiger partial charge in [0.05, 0.1) is 26.4 Å². The highest BCUT2D eigenvalue weighted by Crippen LogP contribution is 2.05. The van der Waals surface area contributed by atoms with Gasteiger partial charge in [-0.25, -0.2) is 4.79 Å². The number of H-pyrrole nitrogens is 1. The SMILES string of the molecule is COC(=O)c1ccc(CNC2COC2)[nH]1. The van der Waals surface area contributed by atoms with Gasteiger partial charge in [0.1, 0.15) is 5.69 Å². The van der Waals surface area contributed by atoms with Gasteiger partial charge in [0.2, 0.25) is 0 Å². The number of methoxy groups -OCH3 is 1. The highest BCUT2D eigenvalue weighted by atomic mass is 16.5. The topological polar surface area (TPSA) is 63.4 Å². The van der Waals surface area contributed by atoms with Crippen LogP contribution in [0, 0.1) is 0 Å². The molecule has 5 nitrogen and oxygen atoms in total. The zero-order valence-corrected chi connectivity index (χ0v) is 8.58. The van der Waals surface area contributed by atoms with Crippen LogP contribution in [0.5, 0.6) is 0 Å². The van der Waals surface area contributed by atoms with Crippen LogP contribution < -0.4 is 5.32 Å². The van der Waals surface area contributed by atoms with E-state index in [1.54, 1.807) is 6.07 Å². The molecule has 0 aliphatic carbocycles. The smallest absolute Gasteiger partial charge is 0.354 e. The fraction of sp³-hybridized carbons (Fsp3) is 0.500. The Balaban J connectivity index is 1.86. The monoisotopic (exact) mass is 210 g/mol. The minimum atomic E-state index is -0.340. The Labute approximate surface area is 87.8 Å². The Morgan fingerprint density at radius 3 is 3.07 bits per heavy atom. The summed E-state index contributed by atoms with van der Waals surface area (Å²) in [5, 5.41) is 3.30. The number of hydrogen-bond acceptors (Lipinski definition) is 4. The summed E-state index contributed by atoms with van der Waals surface area (Å²) in [6, 6.07) is 4.04. The van der Waals surface area contributed by atoms with Crippen molar-refractivity contribution in [1.82, 2.24) is 10.3 Å². The number of carbonyl (C=O) groups excluding carboxylic acids is 1. The van der Waals surface area contributed by atoms with Crippen LogP contribution in [0.25, 0.3) is 0 Å². The molecule has 0 amide bonds. The van der Waals surface area contributed by atoms with Crippen molar-refractivity contribution >= 4 is 5.97 Å². The highest BCUT2D eigenvalue weighted by Gasteiger charge is 2.17. The fourth-order valence-electron chi connectivity index (χ4n) is 1.38. The molecular formula is C10H14N2O3. The van der Waals surface area contributed by atoms with Crippen LogP contribution in [0.4, 0.5) is 0 Å². The Kier molecular flexibility index (Phi) is 3.03. The Hall–Kier alpha value is -1.33. The fourth-order valence-corrected chi connectivity index (χ4v) is 1.38. The van der Waals surface area contributed by atoms with Gasteiger partial charge in [-0.15, -0.1) is 0 Å². The van der Waals surface area contributed by atoms with Crippen molar-refractivity contribution in [3.8, 4) is 0 Å². The molecule has 15 heavy (non-hydrogen) atoms. The first-order valence-electron chi connectivity index (χ1n) is 4.87. The summed E-state index contributed by atoms with van der Waals surface area (Å²) < 4.78 is 9.63. The molecule has 2 heterocycles. The molecule has 1 fully saturated rings. The maximum atomic E-state index is 11.1. The number of rotatable bonds is 4. The van der Waals surface area contributed by atoms with Crippen molar-refractivity contribution in [2.75, 3.05) is 20.3 Å². The molecule has 0 saturated carbocycles. The normalized spacial score (nSPS) is 16.1. The number of ether oxygens (including phenoxy) is 2. The van der Waals surface area contributed by atoms with Crippen LogP contribution in [0.2, 0.25) is 0 Å². The zero-order chi connectivity index (χ0) is 10.7. The van der Waals surface area contributed by atoms with Gasteiger partial charge in [-0.2, -0.15) is 0 Å². The second kappa shape index (κ2) is 4.46. The maximum absolute atomic E-state index is 11.1. The number of aromatic nitrogens is 1. The zero-order valence-electron chi connectivity index (χ0n) is 8.58. The second-order valence-corrected chi connectivity index (χ2v) is 3.50. The van der Waals surface area contributed by atoms with Crippen LogP contribution in [-0.4, -0.2) is 37.3 Å². The van der Waals surface area contributed by atoms with Gasteiger partial charge in [0.25, 0.3) is 0 Å². The molecule has 0 radical (unpaired) electrons. The average molecular weight is 210 g/mol. The average Bonchev–Trinajstić information content (AvgIpc) is 2.63. The van der Waals surface area contributed by atoms with Crippen molar-refractivity contribution in [3.63, 3.8) is 0 Å². The van der Waals surface area contributed by atoms with Crippen molar-refractivity contribution in [1.29, 1.82) is 0 Å². The molecule has 0 unspecified atom stereocenters. The lowest BCUT2D eigenvalue weighted by Crippen LogP contribution is -2.45. The van der Waals surface area contributed by atoms with E-state index in [2.05, 4.69) is 15.0 Å². The molecule has 0 aromatic carbocycles. The quantitative estimate of drug-likeness (QED) is 0.701. The third-order valence-corrected chi connectivity index (χ3v) is 2.37. The first-order chi connectivity index (χ1) is 7.29. The molecule has 1 saturated heterocycles. The molecule has 1 aromatic heterocycles. The van der Waals surface area contributed by atoms with Crippen LogP contribution >= 0.6 is 0 Å². The lowest BCUT2D eigenvalue weighted by molar-refractivity contribution is -0.00590. The molecule has 82 valence electrons. The molecule has 1 aromatic rings. The van der Waals surface area contributed by atoms with E-state index in [4.69, 9.17) is 4.74 Å². The molecule has 0 atom stereocenters. The van der Waals surface area contributed by atoms with Crippen LogP contribution in [0.15, 0.2) is 12.1 Å². The molecule has 1 aliphatic rings. The summed E-state index contributed by atoms with van der Waals surface area (Å²) in [7, 11) is 1.37. The van der Waals surface area contributed by atoms with E-state index in [0.717, 1.165) is 18.9 Å². The molecule has 5 heteroatoms. The number of esters is 1. The highest BCUT2D eigenvalue weighted by molar-refractivity contribution is 5.87. The van der Waals surface area contributed by atoms with Gasteiger partial charge < -0.3 is 19.8 Å². The summed E-state index contributed by atoms with van der Waals surface area (Å²) in [5.74, 6) is -0.340. The van der Waals surface area contributed by atoms with E-state index in [1.807, 2.05) is 6.07 Å². The van der Waals surface area contributed by atoms with Gasteiger partial charge in [0.15, 0.2) is 0 Å². The lowest BCUT2D eigenvalue weighted by Gasteiger charge is -2.26. The molecule has 2 rings (SSSR count). The lowest BCUT2D eigenvalue weighted by atomic mass is 10.2. The number of aromatic amines is 1. The Morgan fingerprint density at radius 2 is 2.47 bits per heavy atom. The summed E-state index contributed by atoms with van der Waals surface area (Å²) in [6.07, 6.45) is 0. The Morgan fingerprint density at radius 1 is 1.67 bits per heavy atom. The van der Waals surface area contributed by atoms with Gasteiger partial charge in [-0.3, -0.25) is 0 Å².